The number of rotatable bonds is 6. The van der Waals surface area contributed by atoms with Crippen molar-refractivity contribution in [1.29, 1.82) is 0 Å². The molecule has 2 N–H and O–H groups in total. The number of alkyl halides is 1. The third-order valence-corrected chi connectivity index (χ3v) is 2.71. The summed E-state index contributed by atoms with van der Waals surface area (Å²) in [6.45, 7) is 0. The average molecular weight is 259 g/mol. The monoisotopic (exact) mass is 258 g/mol. The Hall–Kier alpha value is -1.26. The molecule has 0 heterocycles. The molecular formula is C12H15ClO4. The first-order chi connectivity index (χ1) is 8.11. The molecule has 94 valence electrons. The molecule has 4 nitrogen and oxygen atoms in total. The largest absolute Gasteiger partial charge is 0.496 e. The fraction of sp³-hybridized carbons (Fsp3) is 0.417. The molecule has 1 unspecified atom stereocenters. The number of aryl methyl sites for hydroxylation is 1. The highest BCUT2D eigenvalue weighted by Gasteiger charge is 2.21. The topological polar surface area (TPSA) is 66.8 Å². The van der Waals surface area contributed by atoms with Gasteiger partial charge in [-0.05, 0) is 18.4 Å². The molecule has 1 aromatic rings. The average Bonchev–Trinajstić information content (AvgIpc) is 2.34. The van der Waals surface area contributed by atoms with Gasteiger partial charge in [0.25, 0.3) is 0 Å². The summed E-state index contributed by atoms with van der Waals surface area (Å²) in [4.78, 5) is 10.8. The van der Waals surface area contributed by atoms with Crippen LogP contribution in [-0.2, 0) is 11.2 Å². The Kier molecular flexibility index (Phi) is 5.25. The van der Waals surface area contributed by atoms with Crippen LogP contribution in [0.1, 0.15) is 23.7 Å². The van der Waals surface area contributed by atoms with Gasteiger partial charge in [0, 0.05) is 11.4 Å². The zero-order valence-electron chi connectivity index (χ0n) is 9.52. The number of carboxylic acids is 1. The molecule has 1 aromatic carbocycles. The first-order valence-corrected chi connectivity index (χ1v) is 5.78. The second kappa shape index (κ2) is 6.47. The SMILES string of the molecule is COc1c(CCCCl)cccc1C(O)C(=O)O. The van der Waals surface area contributed by atoms with Crippen LogP contribution in [0.2, 0.25) is 0 Å². The van der Waals surface area contributed by atoms with Crippen molar-refractivity contribution >= 4 is 17.6 Å². The van der Waals surface area contributed by atoms with E-state index in [9.17, 15) is 9.90 Å². The maximum absolute atomic E-state index is 10.8. The number of carboxylic acid groups (broad SMARTS) is 1. The molecule has 0 saturated heterocycles. The van der Waals surface area contributed by atoms with E-state index in [1.807, 2.05) is 6.07 Å². The lowest BCUT2D eigenvalue weighted by atomic mass is 10.0. The highest BCUT2D eigenvalue weighted by atomic mass is 35.5. The summed E-state index contributed by atoms with van der Waals surface area (Å²) < 4.78 is 5.18. The predicted molar refractivity (Wildman–Crippen MR) is 64.6 cm³/mol. The third-order valence-electron chi connectivity index (χ3n) is 2.44. The first-order valence-electron chi connectivity index (χ1n) is 5.24. The lowest BCUT2D eigenvalue weighted by Gasteiger charge is -2.15. The Morgan fingerprint density at radius 2 is 2.24 bits per heavy atom. The van der Waals surface area contributed by atoms with Gasteiger partial charge in [0.2, 0.25) is 0 Å². The van der Waals surface area contributed by atoms with Crippen molar-refractivity contribution < 1.29 is 19.7 Å². The standard InChI is InChI=1S/C12H15ClO4/c1-17-11-8(5-3-7-13)4-2-6-9(11)10(14)12(15)16/h2,4,6,10,14H,3,5,7H2,1H3,(H,15,16). The van der Waals surface area contributed by atoms with Crippen molar-refractivity contribution in [2.45, 2.75) is 18.9 Å². The van der Waals surface area contributed by atoms with Crippen LogP contribution in [0.5, 0.6) is 5.75 Å². The molecule has 0 aromatic heterocycles. The van der Waals surface area contributed by atoms with Gasteiger partial charge >= 0.3 is 5.97 Å². The molecule has 17 heavy (non-hydrogen) atoms. The minimum absolute atomic E-state index is 0.270. The van der Waals surface area contributed by atoms with E-state index in [4.69, 9.17) is 21.4 Å². The number of halogens is 1. The van der Waals surface area contributed by atoms with Gasteiger partial charge in [-0.15, -0.1) is 11.6 Å². The summed E-state index contributed by atoms with van der Waals surface area (Å²) in [5.41, 5.74) is 1.12. The molecule has 0 aliphatic heterocycles. The zero-order valence-corrected chi connectivity index (χ0v) is 10.3. The van der Waals surface area contributed by atoms with E-state index in [1.54, 1.807) is 12.1 Å². The molecular weight excluding hydrogens is 244 g/mol. The Bertz CT molecular complexity index is 392. The normalized spacial score (nSPS) is 12.2. The molecule has 0 fully saturated rings. The van der Waals surface area contributed by atoms with Crippen LogP contribution in [-0.4, -0.2) is 29.2 Å². The molecule has 1 rings (SSSR count). The number of methoxy groups -OCH3 is 1. The van der Waals surface area contributed by atoms with Gasteiger partial charge in [0.15, 0.2) is 6.10 Å². The Balaban J connectivity index is 3.09. The van der Waals surface area contributed by atoms with Gasteiger partial charge < -0.3 is 14.9 Å². The number of benzene rings is 1. The Labute approximate surface area is 105 Å². The molecule has 1 atom stereocenters. The van der Waals surface area contributed by atoms with E-state index in [0.29, 0.717) is 18.1 Å². The number of aliphatic carboxylic acids is 1. The molecule has 0 bridgehead atoms. The summed E-state index contributed by atoms with van der Waals surface area (Å²) in [5.74, 6) is -0.347. The number of aliphatic hydroxyl groups is 1. The molecule has 0 radical (unpaired) electrons. The van der Waals surface area contributed by atoms with Gasteiger partial charge in [0.1, 0.15) is 5.75 Å². The van der Waals surface area contributed by atoms with Crippen molar-refractivity contribution in [1.82, 2.24) is 0 Å². The molecule has 0 aliphatic carbocycles. The lowest BCUT2D eigenvalue weighted by molar-refractivity contribution is -0.147. The maximum atomic E-state index is 10.8. The minimum Gasteiger partial charge on any atom is -0.496 e. The van der Waals surface area contributed by atoms with Crippen molar-refractivity contribution in [3.8, 4) is 5.75 Å². The van der Waals surface area contributed by atoms with Gasteiger partial charge in [-0.25, -0.2) is 4.79 Å². The second-order valence-electron chi connectivity index (χ2n) is 3.57. The van der Waals surface area contributed by atoms with Gasteiger partial charge in [-0.3, -0.25) is 0 Å². The molecule has 0 saturated carbocycles. The van der Waals surface area contributed by atoms with Crippen LogP contribution < -0.4 is 4.74 Å². The third kappa shape index (κ3) is 3.35. The smallest absolute Gasteiger partial charge is 0.337 e. The van der Waals surface area contributed by atoms with Crippen molar-refractivity contribution in [2.75, 3.05) is 13.0 Å². The lowest BCUT2D eigenvalue weighted by Crippen LogP contribution is -2.12. The first kappa shape index (κ1) is 13.8. The van der Waals surface area contributed by atoms with Gasteiger partial charge in [-0.2, -0.15) is 0 Å². The highest BCUT2D eigenvalue weighted by Crippen LogP contribution is 2.30. The van der Waals surface area contributed by atoms with Gasteiger partial charge in [-0.1, -0.05) is 18.2 Å². The van der Waals surface area contributed by atoms with E-state index in [1.165, 1.54) is 7.11 Å². The van der Waals surface area contributed by atoms with E-state index >= 15 is 0 Å². The quantitative estimate of drug-likeness (QED) is 0.766. The van der Waals surface area contributed by atoms with Crippen molar-refractivity contribution in [3.05, 3.63) is 29.3 Å². The number of ether oxygens (including phenoxy) is 1. The van der Waals surface area contributed by atoms with E-state index < -0.39 is 12.1 Å². The number of carbonyl (C=O) groups is 1. The summed E-state index contributed by atoms with van der Waals surface area (Å²) in [7, 11) is 1.46. The predicted octanol–water partition coefficient (Wildman–Crippen LogP) is 1.98. The summed E-state index contributed by atoms with van der Waals surface area (Å²) >= 11 is 5.62. The zero-order chi connectivity index (χ0) is 12.8. The Morgan fingerprint density at radius 1 is 1.53 bits per heavy atom. The summed E-state index contributed by atoms with van der Waals surface area (Å²) in [6.07, 6.45) is -0.113. The fourth-order valence-electron chi connectivity index (χ4n) is 1.66. The van der Waals surface area contributed by atoms with Crippen molar-refractivity contribution in [3.63, 3.8) is 0 Å². The highest BCUT2D eigenvalue weighted by molar-refractivity contribution is 6.17. The molecule has 5 heteroatoms. The number of hydrogen-bond donors (Lipinski definition) is 2. The Morgan fingerprint density at radius 3 is 2.76 bits per heavy atom. The minimum atomic E-state index is -1.57. The summed E-state index contributed by atoms with van der Waals surface area (Å²) in [5, 5.41) is 18.3. The summed E-state index contributed by atoms with van der Waals surface area (Å²) in [6, 6.07) is 5.08. The van der Waals surface area contributed by atoms with Crippen LogP contribution in [0, 0.1) is 0 Å². The van der Waals surface area contributed by atoms with Crippen LogP contribution in [0.15, 0.2) is 18.2 Å². The van der Waals surface area contributed by atoms with E-state index in [-0.39, 0.29) is 5.56 Å². The van der Waals surface area contributed by atoms with Gasteiger partial charge in [0.05, 0.1) is 7.11 Å². The van der Waals surface area contributed by atoms with Crippen LogP contribution in [0.3, 0.4) is 0 Å². The van der Waals surface area contributed by atoms with E-state index in [0.717, 1.165) is 12.0 Å². The second-order valence-corrected chi connectivity index (χ2v) is 3.95. The maximum Gasteiger partial charge on any atom is 0.337 e. The molecule has 0 aliphatic rings. The van der Waals surface area contributed by atoms with Crippen LogP contribution >= 0.6 is 11.6 Å². The number of hydrogen-bond acceptors (Lipinski definition) is 3. The molecule has 0 amide bonds. The number of para-hydroxylation sites is 1. The van der Waals surface area contributed by atoms with E-state index in [2.05, 4.69) is 0 Å². The fourth-order valence-corrected chi connectivity index (χ4v) is 1.79. The van der Waals surface area contributed by atoms with Crippen LogP contribution in [0.4, 0.5) is 0 Å². The molecule has 0 spiro atoms. The van der Waals surface area contributed by atoms with Crippen LogP contribution in [0.25, 0.3) is 0 Å². The van der Waals surface area contributed by atoms with Crippen molar-refractivity contribution in [2.24, 2.45) is 0 Å². The number of aliphatic hydroxyl groups excluding tert-OH is 1.